The predicted molar refractivity (Wildman–Crippen MR) is 93.5 cm³/mol. The third-order valence-corrected chi connectivity index (χ3v) is 5.25. The summed E-state index contributed by atoms with van der Waals surface area (Å²) in [6.07, 6.45) is 1.72. The quantitative estimate of drug-likeness (QED) is 0.775. The number of carbonyl (C=O) groups excluding carboxylic acids is 1. The first-order valence-corrected chi connectivity index (χ1v) is 9.08. The average molecular weight is 363 g/mol. The van der Waals surface area contributed by atoms with E-state index in [-0.39, 0.29) is 11.4 Å². The Morgan fingerprint density at radius 2 is 1.83 bits per heavy atom. The largest absolute Gasteiger partial charge is 0.338 e. The number of benzene rings is 2. The molecule has 0 aliphatic carbocycles. The number of halogens is 1. The molecule has 124 valence electrons. The van der Waals surface area contributed by atoms with Crippen LogP contribution in [0.15, 0.2) is 59.6 Å². The molecule has 1 heterocycles. The van der Waals surface area contributed by atoms with E-state index in [1.54, 1.807) is 41.1 Å². The molecule has 1 amide bonds. The molecule has 0 saturated heterocycles. The third-order valence-electron chi connectivity index (χ3n) is 3.63. The summed E-state index contributed by atoms with van der Waals surface area (Å²) in [4.78, 5) is 12.2. The van der Waals surface area contributed by atoms with Gasteiger partial charge in [0, 0.05) is 22.1 Å². The molecule has 0 aliphatic heterocycles. The van der Waals surface area contributed by atoms with Crippen LogP contribution in [0, 0.1) is 6.92 Å². The number of aryl methyl sites for hydroxylation is 1. The lowest BCUT2D eigenvalue weighted by molar-refractivity contribution is -0.119. The molecule has 0 saturated carbocycles. The highest BCUT2D eigenvalue weighted by Crippen LogP contribution is 2.20. The number of rotatable bonds is 4. The van der Waals surface area contributed by atoms with Crippen molar-refractivity contribution in [2.75, 3.05) is 0 Å². The molecule has 7 heteroatoms. The Balaban J connectivity index is 1.78. The first-order valence-electron chi connectivity index (χ1n) is 7.22. The molecule has 0 bridgehead atoms. The molecule has 0 unspecified atom stereocenters. The van der Waals surface area contributed by atoms with Crippen molar-refractivity contribution in [2.45, 2.75) is 18.4 Å². The number of fused-ring (bicyclic) bond motifs is 1. The Kier molecular flexibility index (Phi) is 4.34. The Labute approximate surface area is 144 Å². The molecule has 5 nitrogen and oxygen atoms in total. The van der Waals surface area contributed by atoms with E-state index in [4.69, 9.17) is 11.6 Å². The molecule has 0 fully saturated rings. The maximum atomic E-state index is 12.2. The van der Waals surface area contributed by atoms with Crippen LogP contribution in [0.2, 0.25) is 5.02 Å². The highest BCUT2D eigenvalue weighted by atomic mass is 35.5. The lowest BCUT2D eigenvalue weighted by atomic mass is 10.2. The molecular formula is C17H15ClN2O3S. The molecular weight excluding hydrogens is 348 g/mol. The maximum absolute atomic E-state index is 12.2. The van der Waals surface area contributed by atoms with Crippen LogP contribution in [-0.4, -0.2) is 18.9 Å². The molecule has 1 N–H and O–H groups in total. The Morgan fingerprint density at radius 3 is 2.54 bits per heavy atom. The van der Waals surface area contributed by atoms with Gasteiger partial charge in [-0.25, -0.2) is 13.1 Å². The van der Waals surface area contributed by atoms with E-state index in [0.29, 0.717) is 5.02 Å². The summed E-state index contributed by atoms with van der Waals surface area (Å²) in [5.74, 6) is -0.608. The molecule has 0 aliphatic rings. The van der Waals surface area contributed by atoms with Crippen molar-refractivity contribution in [1.82, 2.24) is 9.29 Å². The standard InChI is InChI=1S/C17H15ClN2O3S/c1-12-2-5-15(6-3-12)24(22,23)19-17(21)11-20-9-8-13-10-14(18)4-7-16(13)20/h2-10H,11H2,1H3,(H,19,21). The van der Waals surface area contributed by atoms with Gasteiger partial charge in [0.15, 0.2) is 0 Å². The zero-order valence-electron chi connectivity index (χ0n) is 12.9. The first kappa shape index (κ1) is 16.5. The van der Waals surface area contributed by atoms with Crippen LogP contribution < -0.4 is 4.72 Å². The van der Waals surface area contributed by atoms with Crippen molar-refractivity contribution < 1.29 is 13.2 Å². The molecule has 1 aromatic heterocycles. The van der Waals surface area contributed by atoms with E-state index < -0.39 is 15.9 Å². The Bertz CT molecular complexity index is 1010. The van der Waals surface area contributed by atoms with Crippen molar-refractivity contribution in [3.63, 3.8) is 0 Å². The molecule has 0 spiro atoms. The first-order chi connectivity index (χ1) is 11.3. The number of carbonyl (C=O) groups is 1. The summed E-state index contributed by atoms with van der Waals surface area (Å²) in [6, 6.07) is 13.4. The van der Waals surface area contributed by atoms with Gasteiger partial charge < -0.3 is 4.57 Å². The normalized spacial score (nSPS) is 11.6. The van der Waals surface area contributed by atoms with Gasteiger partial charge in [-0.3, -0.25) is 4.79 Å². The Morgan fingerprint density at radius 1 is 1.12 bits per heavy atom. The smallest absolute Gasteiger partial charge is 0.264 e. The van der Waals surface area contributed by atoms with Gasteiger partial charge in [0.05, 0.1) is 4.90 Å². The van der Waals surface area contributed by atoms with Crippen LogP contribution in [-0.2, 0) is 21.4 Å². The predicted octanol–water partition coefficient (Wildman–Crippen LogP) is 3.11. The number of sulfonamides is 1. The third kappa shape index (κ3) is 3.44. The van der Waals surface area contributed by atoms with Crippen LogP contribution in [0.4, 0.5) is 0 Å². The SMILES string of the molecule is Cc1ccc(S(=O)(=O)NC(=O)Cn2ccc3cc(Cl)ccc32)cc1. The highest BCUT2D eigenvalue weighted by Gasteiger charge is 2.18. The number of hydrogen-bond donors (Lipinski definition) is 1. The van der Waals surface area contributed by atoms with Crippen molar-refractivity contribution in [3.05, 3.63) is 65.3 Å². The monoisotopic (exact) mass is 362 g/mol. The maximum Gasteiger partial charge on any atom is 0.264 e. The van der Waals surface area contributed by atoms with Gasteiger partial charge in [0.2, 0.25) is 0 Å². The number of hydrogen-bond acceptors (Lipinski definition) is 3. The molecule has 24 heavy (non-hydrogen) atoms. The summed E-state index contributed by atoms with van der Waals surface area (Å²) >= 11 is 5.93. The minimum atomic E-state index is -3.87. The van der Waals surface area contributed by atoms with Gasteiger partial charge >= 0.3 is 0 Å². The summed E-state index contributed by atoms with van der Waals surface area (Å²) in [6.45, 7) is 1.76. The molecule has 3 aromatic rings. The number of amides is 1. The highest BCUT2D eigenvalue weighted by molar-refractivity contribution is 7.90. The van der Waals surface area contributed by atoms with E-state index in [0.717, 1.165) is 16.5 Å². The van der Waals surface area contributed by atoms with Gasteiger partial charge in [-0.1, -0.05) is 29.3 Å². The van der Waals surface area contributed by atoms with Crippen LogP contribution in [0.1, 0.15) is 5.56 Å². The fraction of sp³-hybridized carbons (Fsp3) is 0.118. The van der Waals surface area contributed by atoms with E-state index in [9.17, 15) is 13.2 Å². The van der Waals surface area contributed by atoms with Crippen molar-refractivity contribution in [1.29, 1.82) is 0 Å². The molecule has 2 aromatic carbocycles. The summed E-state index contributed by atoms with van der Waals surface area (Å²) in [5.41, 5.74) is 1.75. The molecule has 0 radical (unpaired) electrons. The fourth-order valence-electron chi connectivity index (χ4n) is 2.42. The summed E-state index contributed by atoms with van der Waals surface area (Å²) < 4.78 is 28.2. The average Bonchev–Trinajstić information content (AvgIpc) is 2.89. The van der Waals surface area contributed by atoms with Gasteiger partial charge in [0.1, 0.15) is 6.54 Å². The lowest BCUT2D eigenvalue weighted by Gasteiger charge is -2.09. The molecule has 0 atom stereocenters. The zero-order valence-corrected chi connectivity index (χ0v) is 14.4. The van der Waals surface area contributed by atoms with Gasteiger partial charge in [-0.15, -0.1) is 0 Å². The van der Waals surface area contributed by atoms with Crippen LogP contribution >= 0.6 is 11.6 Å². The number of nitrogens with one attached hydrogen (secondary N) is 1. The lowest BCUT2D eigenvalue weighted by Crippen LogP contribution is -2.33. The van der Waals surface area contributed by atoms with Crippen molar-refractivity contribution >= 4 is 38.4 Å². The second kappa shape index (κ2) is 6.30. The van der Waals surface area contributed by atoms with E-state index >= 15 is 0 Å². The van der Waals surface area contributed by atoms with E-state index in [1.807, 2.05) is 13.0 Å². The van der Waals surface area contributed by atoms with Gasteiger partial charge in [0.25, 0.3) is 15.9 Å². The summed E-state index contributed by atoms with van der Waals surface area (Å²) in [7, 11) is -3.87. The topological polar surface area (TPSA) is 68.2 Å². The Hall–Kier alpha value is -2.31. The van der Waals surface area contributed by atoms with Crippen LogP contribution in [0.25, 0.3) is 10.9 Å². The van der Waals surface area contributed by atoms with Crippen molar-refractivity contribution in [2.24, 2.45) is 0 Å². The van der Waals surface area contributed by atoms with Crippen LogP contribution in [0.3, 0.4) is 0 Å². The van der Waals surface area contributed by atoms with E-state index in [1.165, 1.54) is 12.1 Å². The van der Waals surface area contributed by atoms with Crippen molar-refractivity contribution in [3.8, 4) is 0 Å². The minimum Gasteiger partial charge on any atom is -0.338 e. The van der Waals surface area contributed by atoms with Gasteiger partial charge in [-0.2, -0.15) is 0 Å². The number of aromatic nitrogens is 1. The van der Waals surface area contributed by atoms with Crippen LogP contribution in [0.5, 0.6) is 0 Å². The molecule has 3 rings (SSSR count). The van der Waals surface area contributed by atoms with E-state index in [2.05, 4.69) is 4.72 Å². The second-order valence-corrected chi connectivity index (χ2v) is 7.61. The fourth-order valence-corrected chi connectivity index (χ4v) is 3.58. The minimum absolute atomic E-state index is 0.0607. The summed E-state index contributed by atoms with van der Waals surface area (Å²) in [5, 5.41) is 1.49. The second-order valence-electron chi connectivity index (χ2n) is 5.49. The van der Waals surface area contributed by atoms with Gasteiger partial charge in [-0.05, 0) is 43.3 Å². The zero-order chi connectivity index (χ0) is 17.3. The number of nitrogens with zero attached hydrogens (tertiary/aromatic N) is 1.